The molecule has 0 spiro atoms. The standard InChI is InChI=1S/C17H15N3O/c1-11-4-6-14(18)16(9-11)20-17(21)13-5-7-15-12(10-13)3-2-8-19-15/h2-10H,18H2,1H3,(H,20,21). The van der Waals surface area contributed by atoms with Crippen LogP contribution in [0.2, 0.25) is 0 Å². The number of nitrogens with one attached hydrogen (secondary N) is 1. The van der Waals surface area contributed by atoms with Gasteiger partial charge in [0.25, 0.3) is 5.91 Å². The van der Waals surface area contributed by atoms with E-state index in [9.17, 15) is 4.79 Å². The highest BCUT2D eigenvalue weighted by Crippen LogP contribution is 2.21. The number of rotatable bonds is 2. The maximum absolute atomic E-state index is 12.3. The van der Waals surface area contributed by atoms with Crippen molar-refractivity contribution in [3.63, 3.8) is 0 Å². The molecule has 1 amide bonds. The van der Waals surface area contributed by atoms with Crippen molar-refractivity contribution in [2.45, 2.75) is 6.92 Å². The summed E-state index contributed by atoms with van der Waals surface area (Å²) in [7, 11) is 0. The van der Waals surface area contributed by atoms with Crippen molar-refractivity contribution in [2.24, 2.45) is 0 Å². The number of amides is 1. The Bertz CT molecular complexity index is 827. The Balaban J connectivity index is 1.91. The fourth-order valence-electron chi connectivity index (χ4n) is 2.19. The van der Waals surface area contributed by atoms with Gasteiger partial charge in [-0.05, 0) is 48.9 Å². The molecule has 0 bridgehead atoms. The molecule has 21 heavy (non-hydrogen) atoms. The van der Waals surface area contributed by atoms with Crippen molar-refractivity contribution in [3.8, 4) is 0 Å². The summed E-state index contributed by atoms with van der Waals surface area (Å²) in [6.45, 7) is 1.96. The fraction of sp³-hybridized carbons (Fsp3) is 0.0588. The monoisotopic (exact) mass is 277 g/mol. The van der Waals surface area contributed by atoms with E-state index in [1.54, 1.807) is 18.3 Å². The minimum absolute atomic E-state index is 0.182. The van der Waals surface area contributed by atoms with Crippen molar-refractivity contribution in [2.75, 3.05) is 11.1 Å². The average molecular weight is 277 g/mol. The van der Waals surface area contributed by atoms with Crippen LogP contribution in [-0.2, 0) is 0 Å². The highest BCUT2D eigenvalue weighted by atomic mass is 16.1. The summed E-state index contributed by atoms with van der Waals surface area (Å²) in [5.74, 6) is -0.182. The first kappa shape index (κ1) is 13.1. The van der Waals surface area contributed by atoms with Gasteiger partial charge < -0.3 is 11.1 Å². The van der Waals surface area contributed by atoms with Gasteiger partial charge >= 0.3 is 0 Å². The first-order chi connectivity index (χ1) is 10.1. The molecule has 1 aromatic heterocycles. The van der Waals surface area contributed by atoms with Gasteiger partial charge in [-0.2, -0.15) is 0 Å². The zero-order valence-corrected chi connectivity index (χ0v) is 11.6. The minimum atomic E-state index is -0.182. The summed E-state index contributed by atoms with van der Waals surface area (Å²) >= 11 is 0. The number of nitrogens with zero attached hydrogens (tertiary/aromatic N) is 1. The van der Waals surface area contributed by atoms with Crippen LogP contribution in [-0.4, -0.2) is 10.9 Å². The van der Waals surface area contributed by atoms with Gasteiger partial charge in [0.2, 0.25) is 0 Å². The molecule has 4 heteroatoms. The molecule has 0 unspecified atom stereocenters. The molecule has 0 aliphatic carbocycles. The molecule has 0 atom stereocenters. The van der Waals surface area contributed by atoms with Crippen LogP contribution in [0.25, 0.3) is 10.9 Å². The van der Waals surface area contributed by atoms with Crippen LogP contribution in [0, 0.1) is 6.92 Å². The third-order valence-corrected chi connectivity index (χ3v) is 3.32. The second-order valence-corrected chi connectivity index (χ2v) is 4.96. The SMILES string of the molecule is Cc1ccc(N)c(NC(=O)c2ccc3ncccc3c2)c1. The predicted molar refractivity (Wildman–Crippen MR) is 85.3 cm³/mol. The Kier molecular flexibility index (Phi) is 3.28. The number of aryl methyl sites for hydroxylation is 1. The molecule has 2 aromatic carbocycles. The lowest BCUT2D eigenvalue weighted by Crippen LogP contribution is -2.13. The predicted octanol–water partition coefficient (Wildman–Crippen LogP) is 3.38. The first-order valence-corrected chi connectivity index (χ1v) is 6.66. The highest BCUT2D eigenvalue weighted by molar-refractivity contribution is 6.07. The molecule has 3 N–H and O–H groups in total. The lowest BCUT2D eigenvalue weighted by atomic mass is 10.1. The van der Waals surface area contributed by atoms with Gasteiger partial charge in [-0.25, -0.2) is 0 Å². The van der Waals surface area contributed by atoms with Gasteiger partial charge in [-0.15, -0.1) is 0 Å². The average Bonchev–Trinajstić information content (AvgIpc) is 2.50. The number of pyridine rings is 1. The quantitative estimate of drug-likeness (QED) is 0.706. The number of carbonyl (C=O) groups excluding carboxylic acids is 1. The van der Waals surface area contributed by atoms with Crippen LogP contribution < -0.4 is 11.1 Å². The van der Waals surface area contributed by atoms with E-state index in [1.165, 1.54) is 0 Å². The van der Waals surface area contributed by atoms with Crippen LogP contribution in [0.15, 0.2) is 54.7 Å². The minimum Gasteiger partial charge on any atom is -0.397 e. The fourth-order valence-corrected chi connectivity index (χ4v) is 2.19. The molecule has 3 aromatic rings. The number of nitrogens with two attached hydrogens (primary N) is 1. The Morgan fingerprint density at radius 3 is 2.86 bits per heavy atom. The Labute approximate surface area is 122 Å². The second-order valence-electron chi connectivity index (χ2n) is 4.96. The molecule has 0 aliphatic heterocycles. The maximum Gasteiger partial charge on any atom is 0.255 e. The molecular formula is C17H15N3O. The molecule has 0 radical (unpaired) electrons. The van der Waals surface area contributed by atoms with Crippen LogP contribution in [0.1, 0.15) is 15.9 Å². The summed E-state index contributed by atoms with van der Waals surface area (Å²) in [6, 6.07) is 14.8. The van der Waals surface area contributed by atoms with E-state index in [0.29, 0.717) is 16.9 Å². The zero-order valence-electron chi connectivity index (χ0n) is 11.6. The van der Waals surface area contributed by atoms with E-state index in [-0.39, 0.29) is 5.91 Å². The van der Waals surface area contributed by atoms with E-state index in [4.69, 9.17) is 5.73 Å². The van der Waals surface area contributed by atoms with Gasteiger partial charge in [0.05, 0.1) is 16.9 Å². The van der Waals surface area contributed by atoms with Gasteiger partial charge in [0.15, 0.2) is 0 Å². The van der Waals surface area contributed by atoms with Gasteiger partial charge in [-0.3, -0.25) is 9.78 Å². The van der Waals surface area contributed by atoms with Crippen LogP contribution >= 0.6 is 0 Å². The van der Waals surface area contributed by atoms with E-state index in [1.807, 2.05) is 43.3 Å². The third kappa shape index (κ3) is 2.69. The van der Waals surface area contributed by atoms with E-state index >= 15 is 0 Å². The number of anilines is 2. The lowest BCUT2D eigenvalue weighted by Gasteiger charge is -2.09. The van der Waals surface area contributed by atoms with Crippen molar-refractivity contribution in [3.05, 3.63) is 65.9 Å². The van der Waals surface area contributed by atoms with E-state index < -0.39 is 0 Å². The number of fused-ring (bicyclic) bond motifs is 1. The lowest BCUT2D eigenvalue weighted by molar-refractivity contribution is 0.102. The molecule has 0 aliphatic rings. The van der Waals surface area contributed by atoms with Crippen molar-refractivity contribution in [1.29, 1.82) is 0 Å². The number of benzene rings is 2. The molecule has 1 heterocycles. The smallest absolute Gasteiger partial charge is 0.255 e. The van der Waals surface area contributed by atoms with Crippen LogP contribution in [0.4, 0.5) is 11.4 Å². The summed E-state index contributed by atoms with van der Waals surface area (Å²) in [4.78, 5) is 16.6. The number of aromatic nitrogens is 1. The Morgan fingerprint density at radius 1 is 1.14 bits per heavy atom. The number of nitrogen functional groups attached to an aromatic ring is 1. The van der Waals surface area contributed by atoms with Gasteiger partial charge in [0, 0.05) is 17.1 Å². The summed E-state index contributed by atoms with van der Waals surface area (Å²) in [5, 5.41) is 3.78. The summed E-state index contributed by atoms with van der Waals surface area (Å²) in [6.07, 6.45) is 1.73. The summed E-state index contributed by atoms with van der Waals surface area (Å²) < 4.78 is 0. The van der Waals surface area contributed by atoms with Gasteiger partial charge in [0.1, 0.15) is 0 Å². The number of carbonyl (C=O) groups is 1. The topological polar surface area (TPSA) is 68.0 Å². The molecule has 0 fully saturated rings. The molecule has 0 saturated carbocycles. The first-order valence-electron chi connectivity index (χ1n) is 6.66. The number of hydrogen-bond donors (Lipinski definition) is 2. The second kappa shape index (κ2) is 5.25. The molecule has 0 saturated heterocycles. The zero-order chi connectivity index (χ0) is 14.8. The number of hydrogen-bond acceptors (Lipinski definition) is 3. The largest absolute Gasteiger partial charge is 0.397 e. The third-order valence-electron chi connectivity index (χ3n) is 3.32. The van der Waals surface area contributed by atoms with Crippen molar-refractivity contribution < 1.29 is 4.79 Å². The van der Waals surface area contributed by atoms with Crippen LogP contribution in [0.3, 0.4) is 0 Å². The van der Waals surface area contributed by atoms with E-state index in [2.05, 4.69) is 10.3 Å². The van der Waals surface area contributed by atoms with Crippen molar-refractivity contribution >= 4 is 28.2 Å². The van der Waals surface area contributed by atoms with E-state index in [0.717, 1.165) is 16.5 Å². The molecule has 4 nitrogen and oxygen atoms in total. The normalized spacial score (nSPS) is 10.5. The Morgan fingerprint density at radius 2 is 2.00 bits per heavy atom. The highest BCUT2D eigenvalue weighted by Gasteiger charge is 2.09. The summed E-state index contributed by atoms with van der Waals surface area (Å²) in [5.41, 5.74) is 9.55. The van der Waals surface area contributed by atoms with Gasteiger partial charge in [-0.1, -0.05) is 12.1 Å². The van der Waals surface area contributed by atoms with Crippen LogP contribution in [0.5, 0.6) is 0 Å². The molecular weight excluding hydrogens is 262 g/mol. The molecule has 104 valence electrons. The molecule has 3 rings (SSSR count). The maximum atomic E-state index is 12.3. The van der Waals surface area contributed by atoms with Crippen molar-refractivity contribution in [1.82, 2.24) is 4.98 Å². The Hall–Kier alpha value is -2.88.